The highest BCUT2D eigenvalue weighted by Crippen LogP contribution is 2.20. The normalized spacial score (nSPS) is 18.2. The molecule has 3 rings (SSSR count). The number of aryl methyl sites for hydroxylation is 1. The fourth-order valence-corrected chi connectivity index (χ4v) is 2.61. The molecule has 20 heavy (non-hydrogen) atoms. The van der Waals surface area contributed by atoms with E-state index in [-0.39, 0.29) is 0 Å². The molecule has 1 aliphatic heterocycles. The Balaban J connectivity index is 1.80. The van der Waals surface area contributed by atoms with Crippen LogP contribution in [-0.4, -0.2) is 36.1 Å². The first-order valence-electron chi connectivity index (χ1n) is 7.06. The summed E-state index contributed by atoms with van der Waals surface area (Å²) in [5, 5.41) is 3.37. The van der Waals surface area contributed by atoms with E-state index in [0.29, 0.717) is 6.04 Å². The zero-order valence-corrected chi connectivity index (χ0v) is 12.0. The molecule has 2 aromatic rings. The Kier molecular flexibility index (Phi) is 3.65. The third-order valence-corrected chi connectivity index (χ3v) is 3.89. The summed E-state index contributed by atoms with van der Waals surface area (Å²) in [6, 6.07) is 8.91. The van der Waals surface area contributed by atoms with Gasteiger partial charge < -0.3 is 10.2 Å². The summed E-state index contributed by atoms with van der Waals surface area (Å²) in [6.45, 7) is 4.19. The third-order valence-electron chi connectivity index (χ3n) is 3.89. The molecule has 1 aliphatic rings. The van der Waals surface area contributed by atoms with Gasteiger partial charge in [0.25, 0.3) is 0 Å². The Morgan fingerprint density at radius 3 is 2.65 bits per heavy atom. The molecule has 104 valence electrons. The van der Waals surface area contributed by atoms with E-state index in [1.165, 1.54) is 11.1 Å². The maximum absolute atomic E-state index is 4.52. The van der Waals surface area contributed by atoms with Crippen LogP contribution < -0.4 is 10.2 Å². The average molecular weight is 268 g/mol. The second kappa shape index (κ2) is 5.59. The van der Waals surface area contributed by atoms with E-state index < -0.39 is 0 Å². The number of anilines is 1. The van der Waals surface area contributed by atoms with Gasteiger partial charge in [-0.25, -0.2) is 9.97 Å². The van der Waals surface area contributed by atoms with E-state index in [1.807, 2.05) is 12.4 Å². The van der Waals surface area contributed by atoms with Gasteiger partial charge in [-0.2, -0.15) is 0 Å². The van der Waals surface area contributed by atoms with E-state index in [4.69, 9.17) is 0 Å². The first kappa shape index (κ1) is 13.1. The van der Waals surface area contributed by atoms with Crippen LogP contribution in [-0.2, 0) is 0 Å². The number of nitrogens with one attached hydrogen (secondary N) is 1. The summed E-state index contributed by atoms with van der Waals surface area (Å²) in [6.07, 6.45) is 4.98. The van der Waals surface area contributed by atoms with Gasteiger partial charge in [0.2, 0.25) is 5.95 Å². The van der Waals surface area contributed by atoms with Gasteiger partial charge in [-0.3, -0.25) is 0 Å². The lowest BCUT2D eigenvalue weighted by Crippen LogP contribution is -2.34. The van der Waals surface area contributed by atoms with Gasteiger partial charge in [0.15, 0.2) is 0 Å². The van der Waals surface area contributed by atoms with Crippen molar-refractivity contribution in [2.24, 2.45) is 0 Å². The first-order chi connectivity index (χ1) is 9.74. The Morgan fingerprint density at radius 2 is 2.00 bits per heavy atom. The minimum atomic E-state index is 0.500. The van der Waals surface area contributed by atoms with E-state index in [9.17, 15) is 0 Å². The molecule has 1 unspecified atom stereocenters. The number of hydrogen-bond donors (Lipinski definition) is 1. The van der Waals surface area contributed by atoms with Gasteiger partial charge in [-0.1, -0.05) is 29.8 Å². The molecular weight excluding hydrogens is 248 g/mol. The van der Waals surface area contributed by atoms with Crippen molar-refractivity contribution >= 4 is 5.95 Å². The lowest BCUT2D eigenvalue weighted by atomic mass is 10.1. The molecule has 1 aromatic heterocycles. The minimum Gasteiger partial charge on any atom is -0.340 e. The molecule has 1 aromatic carbocycles. The molecule has 0 radical (unpaired) electrons. The Hall–Kier alpha value is -1.94. The van der Waals surface area contributed by atoms with Gasteiger partial charge in [-0.15, -0.1) is 0 Å². The van der Waals surface area contributed by atoms with Crippen molar-refractivity contribution in [3.63, 3.8) is 0 Å². The molecular formula is C16H20N4. The van der Waals surface area contributed by atoms with Gasteiger partial charge in [0.05, 0.1) is 0 Å². The largest absolute Gasteiger partial charge is 0.340 e. The Bertz CT molecular complexity index is 573. The van der Waals surface area contributed by atoms with Crippen molar-refractivity contribution in [2.75, 3.05) is 25.0 Å². The Morgan fingerprint density at radius 1 is 1.20 bits per heavy atom. The minimum absolute atomic E-state index is 0.500. The van der Waals surface area contributed by atoms with Crippen molar-refractivity contribution in [2.45, 2.75) is 19.4 Å². The van der Waals surface area contributed by atoms with Gasteiger partial charge in [-0.05, 0) is 25.5 Å². The monoisotopic (exact) mass is 268 g/mol. The first-order valence-corrected chi connectivity index (χ1v) is 7.06. The summed E-state index contributed by atoms with van der Waals surface area (Å²) in [5.41, 5.74) is 3.48. The molecule has 0 amide bonds. The number of likely N-dealkylation sites (N-methyl/N-ethyl adjacent to an activating group) is 1. The summed E-state index contributed by atoms with van der Waals surface area (Å²) >= 11 is 0. The standard InChI is InChI=1S/C16H20N4/c1-12-4-3-5-13(8-12)14-9-18-16(19-10-14)20(2)15-6-7-17-11-15/h3-5,8-10,15,17H,6-7,11H2,1-2H3. The van der Waals surface area contributed by atoms with E-state index in [0.717, 1.165) is 31.0 Å². The fraction of sp³-hybridized carbons (Fsp3) is 0.375. The molecule has 0 spiro atoms. The maximum Gasteiger partial charge on any atom is 0.225 e. The molecule has 2 heterocycles. The SMILES string of the molecule is Cc1cccc(-c2cnc(N(C)C3CCNC3)nc2)c1. The number of rotatable bonds is 3. The fourth-order valence-electron chi connectivity index (χ4n) is 2.61. The van der Waals surface area contributed by atoms with Crippen LogP contribution in [0.5, 0.6) is 0 Å². The molecule has 4 nitrogen and oxygen atoms in total. The Labute approximate surface area is 119 Å². The van der Waals surface area contributed by atoms with E-state index in [1.54, 1.807) is 0 Å². The summed E-state index contributed by atoms with van der Waals surface area (Å²) in [4.78, 5) is 11.2. The second-order valence-electron chi connectivity index (χ2n) is 5.40. The highest BCUT2D eigenvalue weighted by Gasteiger charge is 2.20. The van der Waals surface area contributed by atoms with Gasteiger partial charge in [0.1, 0.15) is 0 Å². The zero-order chi connectivity index (χ0) is 13.9. The van der Waals surface area contributed by atoms with Gasteiger partial charge >= 0.3 is 0 Å². The summed E-state index contributed by atoms with van der Waals surface area (Å²) < 4.78 is 0. The number of hydrogen-bond acceptors (Lipinski definition) is 4. The highest BCUT2D eigenvalue weighted by molar-refractivity contribution is 5.62. The lowest BCUT2D eigenvalue weighted by molar-refractivity contribution is 0.668. The summed E-state index contributed by atoms with van der Waals surface area (Å²) in [7, 11) is 2.07. The van der Waals surface area contributed by atoms with Crippen molar-refractivity contribution in [3.8, 4) is 11.1 Å². The van der Waals surface area contributed by atoms with Crippen LogP contribution in [0.25, 0.3) is 11.1 Å². The number of nitrogens with zero attached hydrogens (tertiary/aromatic N) is 3. The second-order valence-corrected chi connectivity index (χ2v) is 5.40. The predicted molar refractivity (Wildman–Crippen MR) is 81.9 cm³/mol. The lowest BCUT2D eigenvalue weighted by Gasteiger charge is -2.23. The molecule has 0 bridgehead atoms. The molecule has 1 saturated heterocycles. The van der Waals surface area contributed by atoms with Crippen molar-refractivity contribution in [1.82, 2.24) is 15.3 Å². The van der Waals surface area contributed by atoms with Crippen LogP contribution in [0.2, 0.25) is 0 Å². The quantitative estimate of drug-likeness (QED) is 0.927. The average Bonchev–Trinajstić information content (AvgIpc) is 3.01. The molecule has 0 saturated carbocycles. The molecule has 0 aliphatic carbocycles. The van der Waals surface area contributed by atoms with Crippen LogP contribution in [0.3, 0.4) is 0 Å². The van der Waals surface area contributed by atoms with Crippen LogP contribution in [0.15, 0.2) is 36.7 Å². The highest BCUT2D eigenvalue weighted by atomic mass is 15.3. The van der Waals surface area contributed by atoms with Crippen molar-refractivity contribution in [3.05, 3.63) is 42.2 Å². The maximum atomic E-state index is 4.52. The van der Waals surface area contributed by atoms with E-state index in [2.05, 4.69) is 58.4 Å². The van der Waals surface area contributed by atoms with Crippen LogP contribution in [0.4, 0.5) is 5.95 Å². The van der Waals surface area contributed by atoms with Crippen molar-refractivity contribution in [1.29, 1.82) is 0 Å². The van der Waals surface area contributed by atoms with Crippen LogP contribution in [0.1, 0.15) is 12.0 Å². The predicted octanol–water partition coefficient (Wildman–Crippen LogP) is 2.25. The third kappa shape index (κ3) is 2.65. The molecule has 1 atom stereocenters. The zero-order valence-electron chi connectivity index (χ0n) is 12.0. The number of benzene rings is 1. The molecule has 1 N–H and O–H groups in total. The van der Waals surface area contributed by atoms with Crippen LogP contribution in [0, 0.1) is 6.92 Å². The number of aromatic nitrogens is 2. The smallest absolute Gasteiger partial charge is 0.225 e. The topological polar surface area (TPSA) is 41.1 Å². The summed E-state index contributed by atoms with van der Waals surface area (Å²) in [5.74, 6) is 0.801. The molecule has 4 heteroatoms. The van der Waals surface area contributed by atoms with Crippen molar-refractivity contribution < 1.29 is 0 Å². The van der Waals surface area contributed by atoms with Crippen LogP contribution >= 0.6 is 0 Å². The molecule has 1 fully saturated rings. The van der Waals surface area contributed by atoms with Gasteiger partial charge in [0, 0.05) is 37.6 Å². The van der Waals surface area contributed by atoms with E-state index >= 15 is 0 Å².